The van der Waals surface area contributed by atoms with Gasteiger partial charge >= 0.3 is 13.6 Å². The highest BCUT2D eigenvalue weighted by Gasteiger charge is 2.30. The van der Waals surface area contributed by atoms with Crippen molar-refractivity contribution in [1.82, 2.24) is 0 Å². The summed E-state index contributed by atoms with van der Waals surface area (Å²) in [6, 6.07) is -0.983. The maximum absolute atomic E-state index is 12.0. The van der Waals surface area contributed by atoms with Crippen LogP contribution in [0.2, 0.25) is 0 Å². The Morgan fingerprint density at radius 1 is 1.19 bits per heavy atom. The van der Waals surface area contributed by atoms with E-state index in [1.165, 1.54) is 0 Å². The van der Waals surface area contributed by atoms with E-state index in [1.807, 2.05) is 0 Å². The second-order valence-corrected chi connectivity index (χ2v) is 5.09. The summed E-state index contributed by atoms with van der Waals surface area (Å²) in [4.78, 5) is 11.2. The number of hydrogen-bond acceptors (Lipinski definition) is 6. The van der Waals surface area contributed by atoms with Gasteiger partial charge in [0.05, 0.1) is 26.0 Å². The summed E-state index contributed by atoms with van der Waals surface area (Å²) >= 11 is 0. The maximum atomic E-state index is 12.0. The molecule has 0 aromatic rings. The van der Waals surface area contributed by atoms with Crippen LogP contribution in [0, 0.1) is 0 Å². The van der Waals surface area contributed by atoms with Crippen LogP contribution in [0.3, 0.4) is 0 Å². The van der Waals surface area contributed by atoms with Crippen LogP contribution < -0.4 is 5.73 Å². The SMILES string of the molecule is CCOC(=O)C(N)CP(=O)(OCC)OCC. The van der Waals surface area contributed by atoms with Crippen LogP contribution in [0.1, 0.15) is 20.8 Å². The Morgan fingerprint density at radius 3 is 2.06 bits per heavy atom. The molecule has 0 aromatic carbocycles. The first-order valence-electron chi connectivity index (χ1n) is 5.29. The summed E-state index contributed by atoms with van der Waals surface area (Å²) in [6.45, 7) is 5.79. The number of rotatable bonds is 8. The fourth-order valence-electron chi connectivity index (χ4n) is 1.10. The Morgan fingerprint density at radius 2 is 1.69 bits per heavy atom. The molecule has 2 N–H and O–H groups in total. The molecule has 1 atom stereocenters. The largest absolute Gasteiger partial charge is 0.465 e. The van der Waals surface area contributed by atoms with Gasteiger partial charge in [-0.15, -0.1) is 0 Å². The Balaban J connectivity index is 4.38. The third kappa shape index (κ3) is 5.61. The smallest absolute Gasteiger partial charge is 0.332 e. The summed E-state index contributed by atoms with van der Waals surface area (Å²) in [5.74, 6) is -0.595. The molecule has 0 fully saturated rings. The monoisotopic (exact) mass is 253 g/mol. The number of esters is 1. The molecule has 0 aliphatic carbocycles. The average molecular weight is 253 g/mol. The van der Waals surface area contributed by atoms with Gasteiger partial charge in [-0.25, -0.2) is 0 Å². The average Bonchev–Trinajstić information content (AvgIpc) is 2.18. The molecule has 0 rings (SSSR count). The van der Waals surface area contributed by atoms with Crippen molar-refractivity contribution in [3.05, 3.63) is 0 Å². The van der Waals surface area contributed by atoms with Gasteiger partial charge in [0.1, 0.15) is 6.04 Å². The third-order valence-electron chi connectivity index (χ3n) is 1.66. The predicted molar refractivity (Wildman–Crippen MR) is 60.3 cm³/mol. The first-order chi connectivity index (χ1) is 7.49. The van der Waals surface area contributed by atoms with E-state index < -0.39 is 19.6 Å². The van der Waals surface area contributed by atoms with E-state index in [-0.39, 0.29) is 26.0 Å². The molecule has 6 nitrogen and oxygen atoms in total. The van der Waals surface area contributed by atoms with Crippen LogP contribution in [-0.4, -0.2) is 38.0 Å². The minimum Gasteiger partial charge on any atom is -0.465 e. The van der Waals surface area contributed by atoms with Crippen molar-refractivity contribution in [3.63, 3.8) is 0 Å². The van der Waals surface area contributed by atoms with Crippen LogP contribution >= 0.6 is 7.60 Å². The Labute approximate surface area is 96.0 Å². The molecule has 7 heteroatoms. The van der Waals surface area contributed by atoms with Crippen molar-refractivity contribution in [2.75, 3.05) is 26.0 Å². The van der Waals surface area contributed by atoms with Gasteiger partial charge in [0.15, 0.2) is 0 Å². The first kappa shape index (κ1) is 15.6. The lowest BCUT2D eigenvalue weighted by molar-refractivity contribution is -0.144. The third-order valence-corrected chi connectivity index (χ3v) is 3.81. The second-order valence-electron chi connectivity index (χ2n) is 2.99. The summed E-state index contributed by atoms with van der Waals surface area (Å²) < 4.78 is 26.7. The zero-order valence-electron chi connectivity index (χ0n) is 9.97. The molecule has 0 amide bonds. The molecule has 0 aromatic heterocycles. The van der Waals surface area contributed by atoms with Gasteiger partial charge in [-0.2, -0.15) is 0 Å². The van der Waals surface area contributed by atoms with Crippen molar-refractivity contribution in [3.8, 4) is 0 Å². The molecular formula is C9H20NO5P. The lowest BCUT2D eigenvalue weighted by Crippen LogP contribution is -2.36. The van der Waals surface area contributed by atoms with Crippen LogP contribution in [0.4, 0.5) is 0 Å². The summed E-state index contributed by atoms with van der Waals surface area (Å²) in [5, 5.41) is 0. The van der Waals surface area contributed by atoms with E-state index in [0.717, 1.165) is 0 Å². The van der Waals surface area contributed by atoms with E-state index in [2.05, 4.69) is 0 Å². The maximum Gasteiger partial charge on any atom is 0.332 e. The zero-order chi connectivity index (χ0) is 12.6. The van der Waals surface area contributed by atoms with Crippen molar-refractivity contribution < 1.29 is 23.1 Å². The number of hydrogen-bond donors (Lipinski definition) is 1. The zero-order valence-corrected chi connectivity index (χ0v) is 10.9. The van der Waals surface area contributed by atoms with E-state index in [1.54, 1.807) is 20.8 Å². The summed E-state index contributed by atoms with van der Waals surface area (Å²) in [6.07, 6.45) is -0.159. The number of carbonyl (C=O) groups excluding carboxylic acids is 1. The fraction of sp³-hybridized carbons (Fsp3) is 0.889. The van der Waals surface area contributed by atoms with Crippen LogP contribution in [0.5, 0.6) is 0 Å². The van der Waals surface area contributed by atoms with Crippen molar-refractivity contribution in [2.24, 2.45) is 5.73 Å². The number of ether oxygens (including phenoxy) is 1. The highest BCUT2D eigenvalue weighted by atomic mass is 31.2. The second kappa shape index (κ2) is 7.79. The molecule has 0 heterocycles. The predicted octanol–water partition coefficient (Wildman–Crippen LogP) is 1.14. The quantitative estimate of drug-likeness (QED) is 0.515. The van der Waals surface area contributed by atoms with E-state index in [0.29, 0.717) is 0 Å². The van der Waals surface area contributed by atoms with E-state index in [9.17, 15) is 9.36 Å². The Bertz CT molecular complexity index is 248. The molecule has 1 unspecified atom stereocenters. The number of carbonyl (C=O) groups is 1. The minimum atomic E-state index is -3.28. The molecule has 0 bridgehead atoms. The van der Waals surface area contributed by atoms with Gasteiger partial charge in [0.25, 0.3) is 0 Å². The van der Waals surface area contributed by atoms with Crippen LogP contribution in [0.15, 0.2) is 0 Å². The Hall–Kier alpha value is -0.420. The summed E-state index contributed by atoms with van der Waals surface area (Å²) in [7, 11) is -3.28. The first-order valence-corrected chi connectivity index (χ1v) is 7.02. The van der Waals surface area contributed by atoms with Crippen LogP contribution in [-0.2, 0) is 23.1 Å². The molecule has 16 heavy (non-hydrogen) atoms. The highest BCUT2D eigenvalue weighted by molar-refractivity contribution is 7.53. The molecule has 0 spiro atoms. The minimum absolute atomic E-state index is 0.159. The normalized spacial score (nSPS) is 13.5. The number of nitrogens with two attached hydrogens (primary N) is 1. The lowest BCUT2D eigenvalue weighted by Gasteiger charge is -2.19. The van der Waals surface area contributed by atoms with Crippen LogP contribution in [0.25, 0.3) is 0 Å². The topological polar surface area (TPSA) is 87.9 Å². The summed E-state index contributed by atoms with van der Waals surface area (Å²) in [5.41, 5.74) is 5.54. The standard InChI is InChI=1S/C9H20NO5P/c1-4-13-9(11)8(10)7-16(12,14-5-2)15-6-3/h8H,4-7,10H2,1-3H3. The molecular weight excluding hydrogens is 233 g/mol. The lowest BCUT2D eigenvalue weighted by atomic mass is 10.4. The molecule has 0 saturated heterocycles. The molecule has 0 saturated carbocycles. The van der Waals surface area contributed by atoms with Crippen molar-refractivity contribution in [1.29, 1.82) is 0 Å². The fourth-order valence-corrected chi connectivity index (χ4v) is 2.80. The van der Waals surface area contributed by atoms with Crippen molar-refractivity contribution >= 4 is 13.6 Å². The molecule has 0 radical (unpaired) electrons. The van der Waals surface area contributed by atoms with Gasteiger partial charge in [0, 0.05) is 0 Å². The molecule has 0 aliphatic rings. The van der Waals surface area contributed by atoms with Gasteiger partial charge in [-0.05, 0) is 20.8 Å². The molecule has 0 aliphatic heterocycles. The van der Waals surface area contributed by atoms with Crippen molar-refractivity contribution in [2.45, 2.75) is 26.8 Å². The van der Waals surface area contributed by atoms with Gasteiger partial charge in [-0.1, -0.05) is 0 Å². The van der Waals surface area contributed by atoms with Gasteiger partial charge in [0.2, 0.25) is 0 Å². The highest BCUT2D eigenvalue weighted by Crippen LogP contribution is 2.48. The van der Waals surface area contributed by atoms with E-state index in [4.69, 9.17) is 19.5 Å². The Kier molecular flexibility index (Phi) is 7.58. The molecule has 96 valence electrons. The van der Waals surface area contributed by atoms with Gasteiger partial charge < -0.3 is 19.5 Å². The van der Waals surface area contributed by atoms with E-state index >= 15 is 0 Å². The van der Waals surface area contributed by atoms with Gasteiger partial charge in [-0.3, -0.25) is 9.36 Å².